The van der Waals surface area contributed by atoms with Crippen molar-refractivity contribution in [2.45, 2.75) is 32.2 Å². The Bertz CT molecular complexity index is 380. The minimum Gasteiger partial charge on any atom is -0.423 e. The van der Waals surface area contributed by atoms with Gasteiger partial charge in [-0.15, -0.1) is 0 Å². The zero-order valence-electron chi connectivity index (χ0n) is 9.29. The highest BCUT2D eigenvalue weighted by Crippen LogP contribution is 2.51. The van der Waals surface area contributed by atoms with E-state index in [0.717, 1.165) is 24.3 Å². The first kappa shape index (κ1) is 10.4. The van der Waals surface area contributed by atoms with E-state index < -0.39 is 7.12 Å². The van der Waals surface area contributed by atoms with Crippen molar-refractivity contribution in [3.63, 3.8) is 0 Å². The molecule has 0 aromatic carbocycles. The summed E-state index contributed by atoms with van der Waals surface area (Å²) in [5.74, 6) is 2.74. The van der Waals surface area contributed by atoms with Crippen LogP contribution in [0, 0.1) is 17.8 Å². The summed E-state index contributed by atoms with van der Waals surface area (Å²) >= 11 is 0. The van der Waals surface area contributed by atoms with Crippen molar-refractivity contribution in [1.29, 1.82) is 0 Å². The maximum absolute atomic E-state index is 8.99. The molecule has 2 fully saturated rings. The lowest BCUT2D eigenvalue weighted by molar-refractivity contribution is 0.297. The Morgan fingerprint density at radius 3 is 2.88 bits per heavy atom. The first-order valence-electron chi connectivity index (χ1n) is 6.11. The fraction of sp³-hybridized carbons (Fsp3) is 0.727. The van der Waals surface area contributed by atoms with E-state index in [-0.39, 0.29) is 0 Å². The molecule has 0 spiro atoms. The van der Waals surface area contributed by atoms with Crippen LogP contribution in [0.4, 0.5) is 0 Å². The summed E-state index contributed by atoms with van der Waals surface area (Å²) in [4.78, 5) is 0. The summed E-state index contributed by atoms with van der Waals surface area (Å²) in [5, 5.41) is 22.2. The Morgan fingerprint density at radius 2 is 2.19 bits per heavy atom. The molecule has 5 heteroatoms. The molecular formula is C11H17BN2O2. The van der Waals surface area contributed by atoms with Gasteiger partial charge in [0.1, 0.15) is 0 Å². The van der Waals surface area contributed by atoms with Gasteiger partial charge in [0.05, 0.1) is 0 Å². The molecule has 1 aromatic heterocycles. The van der Waals surface area contributed by atoms with E-state index in [9.17, 15) is 0 Å². The zero-order chi connectivity index (χ0) is 11.1. The molecule has 1 heterocycles. The molecule has 3 unspecified atom stereocenters. The van der Waals surface area contributed by atoms with Gasteiger partial charge in [0, 0.05) is 24.4 Å². The molecule has 0 bridgehead atoms. The molecule has 4 nitrogen and oxygen atoms in total. The van der Waals surface area contributed by atoms with Gasteiger partial charge < -0.3 is 10.0 Å². The summed E-state index contributed by atoms with van der Waals surface area (Å²) in [6.07, 6.45) is 8.74. The largest absolute Gasteiger partial charge is 0.491 e. The molecule has 2 saturated carbocycles. The first-order chi connectivity index (χ1) is 7.72. The molecule has 2 aliphatic carbocycles. The van der Waals surface area contributed by atoms with Crippen molar-refractivity contribution in [2.24, 2.45) is 17.8 Å². The second kappa shape index (κ2) is 3.89. The van der Waals surface area contributed by atoms with Gasteiger partial charge in [-0.3, -0.25) is 4.68 Å². The van der Waals surface area contributed by atoms with Gasteiger partial charge in [0.15, 0.2) is 0 Å². The van der Waals surface area contributed by atoms with Crippen LogP contribution in [0.2, 0.25) is 0 Å². The Morgan fingerprint density at radius 1 is 1.31 bits per heavy atom. The van der Waals surface area contributed by atoms with Crippen molar-refractivity contribution >= 4 is 12.6 Å². The SMILES string of the molecule is OB(O)c1cnn(CC2CCC3CC3C2)c1. The molecule has 0 amide bonds. The van der Waals surface area contributed by atoms with Crippen molar-refractivity contribution in [3.8, 4) is 0 Å². The zero-order valence-corrected chi connectivity index (χ0v) is 9.29. The number of aromatic nitrogens is 2. The highest BCUT2D eigenvalue weighted by molar-refractivity contribution is 6.58. The van der Waals surface area contributed by atoms with Crippen molar-refractivity contribution in [1.82, 2.24) is 9.78 Å². The van der Waals surface area contributed by atoms with Crippen LogP contribution in [0.3, 0.4) is 0 Å². The standard InChI is InChI=1S/C11H17BN2O2/c15-12(16)11-5-13-14(7-11)6-8-1-2-9-4-10(9)3-8/h5,7-10,15-16H,1-4,6H2. The van der Waals surface area contributed by atoms with E-state index in [0.29, 0.717) is 5.46 Å². The molecule has 3 rings (SSSR count). The van der Waals surface area contributed by atoms with Crippen LogP contribution < -0.4 is 5.46 Å². The van der Waals surface area contributed by atoms with Crippen LogP contribution in [0.15, 0.2) is 12.4 Å². The van der Waals surface area contributed by atoms with Crippen LogP contribution in [0.5, 0.6) is 0 Å². The molecule has 0 radical (unpaired) electrons. The summed E-state index contributed by atoms with van der Waals surface area (Å²) in [5.41, 5.74) is 0.486. The van der Waals surface area contributed by atoms with Gasteiger partial charge in [-0.05, 0) is 43.4 Å². The van der Waals surface area contributed by atoms with Gasteiger partial charge in [-0.25, -0.2) is 0 Å². The van der Waals surface area contributed by atoms with Crippen molar-refractivity contribution in [3.05, 3.63) is 12.4 Å². The molecule has 16 heavy (non-hydrogen) atoms. The minimum atomic E-state index is -1.40. The van der Waals surface area contributed by atoms with Crippen LogP contribution in [-0.4, -0.2) is 26.9 Å². The van der Waals surface area contributed by atoms with E-state index in [1.807, 2.05) is 4.68 Å². The van der Waals surface area contributed by atoms with Crippen molar-refractivity contribution in [2.75, 3.05) is 0 Å². The monoisotopic (exact) mass is 220 g/mol. The van der Waals surface area contributed by atoms with E-state index in [2.05, 4.69) is 5.10 Å². The fourth-order valence-corrected chi connectivity index (χ4v) is 2.99. The molecule has 1 aromatic rings. The lowest BCUT2D eigenvalue weighted by Crippen LogP contribution is -2.28. The Balaban J connectivity index is 1.60. The molecule has 3 atom stereocenters. The summed E-state index contributed by atoms with van der Waals surface area (Å²) in [6.45, 7) is 0.927. The molecule has 86 valence electrons. The van der Waals surface area contributed by atoms with Gasteiger partial charge in [-0.2, -0.15) is 5.10 Å². The Kier molecular flexibility index (Phi) is 2.52. The lowest BCUT2D eigenvalue weighted by Gasteiger charge is -2.20. The summed E-state index contributed by atoms with van der Waals surface area (Å²) in [6, 6.07) is 0. The maximum Gasteiger partial charge on any atom is 0.491 e. The van der Waals surface area contributed by atoms with Gasteiger partial charge in [0.2, 0.25) is 0 Å². The number of hydrogen-bond donors (Lipinski definition) is 2. The number of fused-ring (bicyclic) bond motifs is 1. The fourth-order valence-electron chi connectivity index (χ4n) is 2.99. The van der Waals surface area contributed by atoms with Crippen LogP contribution >= 0.6 is 0 Å². The molecule has 0 aliphatic heterocycles. The van der Waals surface area contributed by atoms with E-state index in [1.165, 1.54) is 31.9 Å². The quantitative estimate of drug-likeness (QED) is 0.705. The predicted octanol–water partition coefficient (Wildman–Crippen LogP) is -0.000900. The second-order valence-corrected chi connectivity index (χ2v) is 5.30. The molecular weight excluding hydrogens is 203 g/mol. The average molecular weight is 220 g/mol. The third-order valence-electron chi connectivity index (χ3n) is 4.05. The summed E-state index contributed by atoms with van der Waals surface area (Å²) < 4.78 is 1.85. The normalized spacial score (nSPS) is 32.2. The highest BCUT2D eigenvalue weighted by Gasteiger charge is 2.41. The Labute approximate surface area is 95.4 Å². The number of hydrogen-bond acceptors (Lipinski definition) is 3. The maximum atomic E-state index is 8.99. The third-order valence-corrected chi connectivity index (χ3v) is 4.05. The van der Waals surface area contributed by atoms with Gasteiger partial charge >= 0.3 is 7.12 Å². The molecule has 2 aliphatic rings. The third kappa shape index (κ3) is 2.02. The van der Waals surface area contributed by atoms with Crippen molar-refractivity contribution < 1.29 is 10.0 Å². The van der Waals surface area contributed by atoms with E-state index in [4.69, 9.17) is 10.0 Å². The van der Waals surface area contributed by atoms with Gasteiger partial charge in [-0.1, -0.05) is 0 Å². The van der Waals surface area contributed by atoms with Crippen LogP contribution in [0.1, 0.15) is 25.7 Å². The van der Waals surface area contributed by atoms with E-state index in [1.54, 1.807) is 6.20 Å². The average Bonchev–Trinajstić information content (AvgIpc) is 2.86. The van der Waals surface area contributed by atoms with Crippen LogP contribution in [0.25, 0.3) is 0 Å². The highest BCUT2D eigenvalue weighted by atomic mass is 16.4. The topological polar surface area (TPSA) is 58.3 Å². The number of nitrogens with zero attached hydrogens (tertiary/aromatic N) is 2. The predicted molar refractivity (Wildman–Crippen MR) is 61.0 cm³/mol. The van der Waals surface area contributed by atoms with Crippen LogP contribution in [-0.2, 0) is 6.54 Å². The molecule has 0 saturated heterocycles. The lowest BCUT2D eigenvalue weighted by atomic mass is 9.83. The number of rotatable bonds is 3. The smallest absolute Gasteiger partial charge is 0.423 e. The Hall–Kier alpha value is -0.805. The van der Waals surface area contributed by atoms with E-state index >= 15 is 0 Å². The summed E-state index contributed by atoms with van der Waals surface area (Å²) in [7, 11) is -1.40. The second-order valence-electron chi connectivity index (χ2n) is 5.30. The minimum absolute atomic E-state index is 0.486. The molecule has 2 N–H and O–H groups in total. The first-order valence-corrected chi connectivity index (χ1v) is 6.11. The van der Waals surface area contributed by atoms with Gasteiger partial charge in [0.25, 0.3) is 0 Å².